The second kappa shape index (κ2) is 5.54. The molecule has 3 nitrogen and oxygen atoms in total. The Bertz CT molecular complexity index is 608. The van der Waals surface area contributed by atoms with E-state index in [1.54, 1.807) is 11.3 Å². The van der Waals surface area contributed by atoms with Crippen LogP contribution in [-0.4, -0.2) is 17.1 Å². The van der Waals surface area contributed by atoms with Crippen molar-refractivity contribution in [3.63, 3.8) is 0 Å². The molecule has 3 rings (SSSR count). The Morgan fingerprint density at radius 1 is 1.40 bits per heavy atom. The van der Waals surface area contributed by atoms with E-state index in [-0.39, 0.29) is 6.10 Å². The highest BCUT2D eigenvalue weighted by atomic mass is 32.1. The van der Waals surface area contributed by atoms with Gasteiger partial charge >= 0.3 is 0 Å². The van der Waals surface area contributed by atoms with E-state index in [0.717, 1.165) is 41.5 Å². The zero-order valence-electron chi connectivity index (χ0n) is 12.0. The Balaban J connectivity index is 1.81. The molecule has 1 heterocycles. The van der Waals surface area contributed by atoms with Crippen LogP contribution in [0.1, 0.15) is 40.6 Å². The summed E-state index contributed by atoms with van der Waals surface area (Å²) in [4.78, 5) is 7.96. The highest BCUT2D eigenvalue weighted by Gasteiger charge is 2.23. The van der Waals surface area contributed by atoms with Crippen LogP contribution in [0.15, 0.2) is 24.3 Å². The standard InChI is InChI=1S/C16H20N2OS/c1-11-6-3-4-7-12(11)10-18(2)16-17-13-8-5-9-14(19)15(13)20-16/h3-4,6-7,14,19H,5,8-10H2,1-2H3. The molecule has 1 N–H and O–H groups in total. The molecule has 1 aromatic carbocycles. The Labute approximate surface area is 123 Å². The number of benzene rings is 1. The first-order valence-corrected chi connectivity index (χ1v) is 7.90. The molecule has 0 spiro atoms. The van der Waals surface area contributed by atoms with Crippen LogP contribution >= 0.6 is 11.3 Å². The van der Waals surface area contributed by atoms with Gasteiger partial charge in [-0.15, -0.1) is 0 Å². The Morgan fingerprint density at radius 2 is 2.20 bits per heavy atom. The van der Waals surface area contributed by atoms with Crippen molar-refractivity contribution >= 4 is 16.5 Å². The topological polar surface area (TPSA) is 36.4 Å². The predicted molar refractivity (Wildman–Crippen MR) is 83.3 cm³/mol. The number of nitrogens with zero attached hydrogens (tertiary/aromatic N) is 2. The van der Waals surface area contributed by atoms with E-state index in [9.17, 15) is 5.11 Å². The summed E-state index contributed by atoms with van der Waals surface area (Å²) in [5.41, 5.74) is 3.73. The molecule has 1 aliphatic rings. The first kappa shape index (κ1) is 13.6. The molecular formula is C16H20N2OS. The average Bonchev–Trinajstić information content (AvgIpc) is 2.87. The van der Waals surface area contributed by atoms with Crippen molar-refractivity contribution in [2.24, 2.45) is 0 Å². The fourth-order valence-electron chi connectivity index (χ4n) is 2.66. The molecule has 0 saturated heterocycles. The lowest BCUT2D eigenvalue weighted by molar-refractivity contribution is 0.160. The molecule has 106 valence electrons. The molecule has 20 heavy (non-hydrogen) atoms. The van der Waals surface area contributed by atoms with Crippen molar-refractivity contribution in [3.8, 4) is 0 Å². The SMILES string of the molecule is Cc1ccccc1CN(C)c1nc2c(s1)C(O)CCC2. The van der Waals surface area contributed by atoms with Gasteiger partial charge in [0.25, 0.3) is 0 Å². The number of aliphatic hydroxyl groups excluding tert-OH is 1. The van der Waals surface area contributed by atoms with Gasteiger partial charge in [-0.05, 0) is 37.3 Å². The minimum absolute atomic E-state index is 0.308. The predicted octanol–water partition coefficient (Wildman–Crippen LogP) is 3.46. The van der Waals surface area contributed by atoms with Crippen LogP contribution in [0.5, 0.6) is 0 Å². The summed E-state index contributed by atoms with van der Waals surface area (Å²) in [7, 11) is 2.07. The fourth-order valence-corrected chi connectivity index (χ4v) is 3.75. The zero-order chi connectivity index (χ0) is 14.1. The number of anilines is 1. The van der Waals surface area contributed by atoms with Crippen LogP contribution in [0.4, 0.5) is 5.13 Å². The molecule has 0 radical (unpaired) electrons. The lowest BCUT2D eigenvalue weighted by Gasteiger charge is -2.17. The van der Waals surface area contributed by atoms with Gasteiger partial charge in [0.2, 0.25) is 0 Å². The first-order valence-electron chi connectivity index (χ1n) is 7.08. The van der Waals surface area contributed by atoms with Gasteiger partial charge in [0.15, 0.2) is 5.13 Å². The van der Waals surface area contributed by atoms with Crippen LogP contribution in [-0.2, 0) is 13.0 Å². The Hall–Kier alpha value is -1.39. The van der Waals surface area contributed by atoms with E-state index in [0.29, 0.717) is 0 Å². The van der Waals surface area contributed by atoms with E-state index in [2.05, 4.69) is 43.1 Å². The van der Waals surface area contributed by atoms with Crippen molar-refractivity contribution in [1.29, 1.82) is 0 Å². The number of fused-ring (bicyclic) bond motifs is 1. The normalized spacial score (nSPS) is 17.9. The Morgan fingerprint density at radius 3 is 2.95 bits per heavy atom. The van der Waals surface area contributed by atoms with Gasteiger partial charge in [0.05, 0.1) is 16.7 Å². The number of rotatable bonds is 3. The summed E-state index contributed by atoms with van der Waals surface area (Å²) in [6, 6.07) is 8.44. The maximum Gasteiger partial charge on any atom is 0.185 e. The third-order valence-electron chi connectivity index (χ3n) is 3.91. The molecule has 0 saturated carbocycles. The summed E-state index contributed by atoms with van der Waals surface area (Å²) in [6.45, 7) is 3.00. The monoisotopic (exact) mass is 288 g/mol. The third kappa shape index (κ3) is 2.58. The van der Waals surface area contributed by atoms with Gasteiger partial charge in [0.1, 0.15) is 0 Å². The fraction of sp³-hybridized carbons (Fsp3) is 0.438. The summed E-state index contributed by atoms with van der Waals surface area (Å²) >= 11 is 1.64. The number of aryl methyl sites for hydroxylation is 2. The van der Waals surface area contributed by atoms with Crippen LogP contribution in [0.25, 0.3) is 0 Å². The van der Waals surface area contributed by atoms with Gasteiger partial charge in [-0.2, -0.15) is 0 Å². The van der Waals surface area contributed by atoms with Crippen molar-refractivity contribution in [3.05, 3.63) is 46.0 Å². The van der Waals surface area contributed by atoms with Gasteiger partial charge in [-0.3, -0.25) is 0 Å². The highest BCUT2D eigenvalue weighted by Crippen LogP contribution is 2.37. The number of aliphatic hydroxyl groups is 1. The van der Waals surface area contributed by atoms with E-state index in [4.69, 9.17) is 4.98 Å². The second-order valence-corrected chi connectivity index (χ2v) is 6.51. The van der Waals surface area contributed by atoms with Crippen LogP contribution in [0.2, 0.25) is 0 Å². The molecular weight excluding hydrogens is 268 g/mol. The number of hydrogen-bond acceptors (Lipinski definition) is 4. The van der Waals surface area contributed by atoms with Crippen molar-refractivity contribution in [1.82, 2.24) is 4.98 Å². The molecule has 4 heteroatoms. The summed E-state index contributed by atoms with van der Waals surface area (Å²) < 4.78 is 0. The van der Waals surface area contributed by atoms with E-state index < -0.39 is 0 Å². The lowest BCUT2D eigenvalue weighted by atomic mass is 10.0. The van der Waals surface area contributed by atoms with E-state index in [1.807, 2.05) is 0 Å². The minimum atomic E-state index is -0.308. The summed E-state index contributed by atoms with van der Waals surface area (Å²) in [5.74, 6) is 0. The van der Waals surface area contributed by atoms with E-state index in [1.165, 1.54) is 11.1 Å². The van der Waals surface area contributed by atoms with Gasteiger partial charge < -0.3 is 10.0 Å². The van der Waals surface area contributed by atoms with Crippen molar-refractivity contribution in [2.45, 2.75) is 38.8 Å². The molecule has 0 bridgehead atoms. The maximum absolute atomic E-state index is 10.0. The largest absolute Gasteiger partial charge is 0.388 e. The van der Waals surface area contributed by atoms with Gasteiger partial charge in [-0.1, -0.05) is 35.6 Å². The summed E-state index contributed by atoms with van der Waals surface area (Å²) in [5, 5.41) is 11.1. The molecule has 0 aliphatic heterocycles. The first-order chi connectivity index (χ1) is 9.65. The quantitative estimate of drug-likeness (QED) is 0.939. The molecule has 1 atom stereocenters. The molecule has 0 amide bonds. The third-order valence-corrected chi connectivity index (χ3v) is 5.22. The smallest absolute Gasteiger partial charge is 0.185 e. The van der Waals surface area contributed by atoms with Crippen LogP contribution in [0, 0.1) is 6.92 Å². The number of aromatic nitrogens is 1. The van der Waals surface area contributed by atoms with Crippen molar-refractivity contribution < 1.29 is 5.11 Å². The molecule has 1 aliphatic carbocycles. The molecule has 0 fully saturated rings. The number of thiazole rings is 1. The average molecular weight is 288 g/mol. The highest BCUT2D eigenvalue weighted by molar-refractivity contribution is 7.15. The maximum atomic E-state index is 10.0. The summed E-state index contributed by atoms with van der Waals surface area (Å²) in [6.07, 6.45) is 2.60. The number of hydrogen-bond donors (Lipinski definition) is 1. The van der Waals surface area contributed by atoms with Crippen molar-refractivity contribution in [2.75, 3.05) is 11.9 Å². The van der Waals surface area contributed by atoms with Crippen LogP contribution < -0.4 is 4.90 Å². The lowest BCUT2D eigenvalue weighted by Crippen LogP contribution is -2.16. The molecule has 1 aromatic heterocycles. The van der Waals surface area contributed by atoms with Gasteiger partial charge in [-0.25, -0.2) is 4.98 Å². The Kier molecular flexibility index (Phi) is 3.76. The van der Waals surface area contributed by atoms with Gasteiger partial charge in [0, 0.05) is 13.6 Å². The zero-order valence-corrected chi connectivity index (χ0v) is 12.8. The molecule has 2 aromatic rings. The second-order valence-electron chi connectivity index (χ2n) is 5.50. The molecule has 1 unspecified atom stereocenters. The van der Waals surface area contributed by atoms with Crippen LogP contribution in [0.3, 0.4) is 0 Å². The van der Waals surface area contributed by atoms with E-state index >= 15 is 0 Å². The minimum Gasteiger partial charge on any atom is -0.388 e.